The van der Waals surface area contributed by atoms with E-state index in [0.29, 0.717) is 46.1 Å². The van der Waals surface area contributed by atoms with E-state index >= 15 is 0 Å². The topological polar surface area (TPSA) is 69.3 Å². The summed E-state index contributed by atoms with van der Waals surface area (Å²) in [7, 11) is 0. The van der Waals surface area contributed by atoms with Gasteiger partial charge in [-0.05, 0) is 35.7 Å². The van der Waals surface area contributed by atoms with Crippen molar-refractivity contribution < 1.29 is 14.2 Å². The van der Waals surface area contributed by atoms with E-state index in [-0.39, 0.29) is 18.3 Å². The molecule has 2 aromatic carbocycles. The Morgan fingerprint density at radius 1 is 0.906 bits per heavy atom. The van der Waals surface area contributed by atoms with Crippen molar-refractivity contribution in [3.05, 3.63) is 64.6 Å². The van der Waals surface area contributed by atoms with Gasteiger partial charge in [0.05, 0.1) is 28.9 Å². The van der Waals surface area contributed by atoms with Crippen molar-refractivity contribution in [1.82, 2.24) is 15.0 Å². The number of aromatic amines is 1. The van der Waals surface area contributed by atoms with E-state index in [4.69, 9.17) is 37.4 Å². The first kappa shape index (κ1) is 20.0. The average molecular weight is 468 g/mol. The number of halogens is 2. The van der Waals surface area contributed by atoms with E-state index in [1.165, 1.54) is 0 Å². The number of H-pyrrole nitrogens is 1. The van der Waals surface area contributed by atoms with Gasteiger partial charge < -0.3 is 19.2 Å². The summed E-state index contributed by atoms with van der Waals surface area (Å²) in [4.78, 5) is 12.4. The zero-order valence-electron chi connectivity index (χ0n) is 16.9. The molecule has 6 nitrogen and oxygen atoms in total. The fraction of sp³-hybridized carbons (Fsp3) is 0.250. The number of hydrogen-bond donors (Lipinski definition) is 1. The summed E-state index contributed by atoms with van der Waals surface area (Å²) in [5.41, 5.74) is 5.02. The van der Waals surface area contributed by atoms with Crippen LogP contribution in [0, 0.1) is 0 Å². The molecule has 0 aliphatic carbocycles. The molecule has 2 saturated heterocycles. The molecule has 1 unspecified atom stereocenters. The van der Waals surface area contributed by atoms with E-state index in [2.05, 4.69) is 15.0 Å². The van der Waals surface area contributed by atoms with Crippen LogP contribution in [0.4, 0.5) is 0 Å². The van der Waals surface area contributed by atoms with Crippen LogP contribution >= 0.6 is 23.2 Å². The van der Waals surface area contributed by atoms with Gasteiger partial charge in [-0.25, -0.2) is 4.98 Å². The molecule has 6 rings (SSSR count). The summed E-state index contributed by atoms with van der Waals surface area (Å²) in [6, 6.07) is 18.0. The highest BCUT2D eigenvalue weighted by Gasteiger charge is 2.43. The van der Waals surface area contributed by atoms with Gasteiger partial charge in [0, 0.05) is 17.2 Å². The molecule has 0 spiro atoms. The SMILES string of the molecule is Clc1ccc(-c2ccc(-c3nc4nc(OC5CO[C@@H]6CCO[C@H]56)[nH]c4cc3Cl)cc2)cc1. The van der Waals surface area contributed by atoms with Gasteiger partial charge in [0.25, 0.3) is 6.01 Å². The van der Waals surface area contributed by atoms with Crippen LogP contribution in [0.25, 0.3) is 33.5 Å². The predicted octanol–water partition coefficient (Wildman–Crippen LogP) is 5.53. The van der Waals surface area contributed by atoms with Crippen LogP contribution in [0.3, 0.4) is 0 Å². The first-order chi connectivity index (χ1) is 15.6. The molecule has 32 heavy (non-hydrogen) atoms. The van der Waals surface area contributed by atoms with Crippen molar-refractivity contribution in [2.75, 3.05) is 13.2 Å². The maximum absolute atomic E-state index is 6.56. The number of aromatic nitrogens is 3. The van der Waals surface area contributed by atoms with Gasteiger partial charge in [-0.15, -0.1) is 0 Å². The van der Waals surface area contributed by atoms with Gasteiger partial charge in [0.1, 0.15) is 6.10 Å². The highest BCUT2D eigenvalue weighted by Crippen LogP contribution is 2.33. The number of nitrogens with one attached hydrogen (secondary N) is 1. The van der Waals surface area contributed by atoms with Gasteiger partial charge in [0.2, 0.25) is 0 Å². The summed E-state index contributed by atoms with van der Waals surface area (Å²) in [6.07, 6.45) is 0.786. The molecule has 0 saturated carbocycles. The van der Waals surface area contributed by atoms with Crippen molar-refractivity contribution in [1.29, 1.82) is 0 Å². The molecule has 2 aromatic heterocycles. The molecule has 0 bridgehead atoms. The molecular formula is C24H19Cl2N3O3. The Kier molecular flexibility index (Phi) is 5.03. The van der Waals surface area contributed by atoms with Gasteiger partial charge in [-0.2, -0.15) is 4.98 Å². The second-order valence-corrected chi connectivity index (χ2v) is 8.81. The van der Waals surface area contributed by atoms with Crippen molar-refractivity contribution in [2.24, 2.45) is 0 Å². The molecule has 2 aliphatic heterocycles. The number of hydrogen-bond acceptors (Lipinski definition) is 5. The van der Waals surface area contributed by atoms with E-state index < -0.39 is 0 Å². The lowest BCUT2D eigenvalue weighted by Crippen LogP contribution is -2.32. The number of ether oxygens (including phenoxy) is 3. The Bertz CT molecular complexity index is 1270. The van der Waals surface area contributed by atoms with E-state index in [1.807, 2.05) is 54.6 Å². The van der Waals surface area contributed by atoms with Gasteiger partial charge in [0.15, 0.2) is 11.8 Å². The van der Waals surface area contributed by atoms with Crippen LogP contribution in [0.15, 0.2) is 54.6 Å². The van der Waals surface area contributed by atoms with Crippen LogP contribution in [0.5, 0.6) is 6.01 Å². The molecule has 4 aromatic rings. The summed E-state index contributed by atoms with van der Waals surface area (Å²) in [6.45, 7) is 1.19. The molecule has 4 heterocycles. The predicted molar refractivity (Wildman–Crippen MR) is 123 cm³/mol. The molecule has 0 radical (unpaired) electrons. The maximum Gasteiger partial charge on any atom is 0.296 e. The second kappa shape index (κ2) is 8.05. The molecule has 8 heteroatoms. The summed E-state index contributed by atoms with van der Waals surface area (Å²) < 4.78 is 17.5. The summed E-state index contributed by atoms with van der Waals surface area (Å²) in [5, 5.41) is 1.25. The van der Waals surface area contributed by atoms with Crippen LogP contribution in [-0.4, -0.2) is 46.5 Å². The summed E-state index contributed by atoms with van der Waals surface area (Å²) in [5.74, 6) is 0. The van der Waals surface area contributed by atoms with Crippen molar-refractivity contribution >= 4 is 34.4 Å². The molecule has 2 aliphatic rings. The minimum absolute atomic E-state index is 0.0468. The Hall–Kier alpha value is -2.64. The van der Waals surface area contributed by atoms with Crippen LogP contribution in [0.1, 0.15) is 6.42 Å². The average Bonchev–Trinajstić information content (AvgIpc) is 3.51. The van der Waals surface area contributed by atoms with E-state index in [9.17, 15) is 0 Å². The first-order valence-corrected chi connectivity index (χ1v) is 11.2. The van der Waals surface area contributed by atoms with Gasteiger partial charge >= 0.3 is 0 Å². The largest absolute Gasteiger partial charge is 0.456 e. The van der Waals surface area contributed by atoms with Crippen LogP contribution in [0.2, 0.25) is 10.0 Å². The molecule has 1 N–H and O–H groups in total. The highest BCUT2D eigenvalue weighted by atomic mass is 35.5. The lowest BCUT2D eigenvalue weighted by molar-refractivity contribution is 0.0273. The molecule has 2 fully saturated rings. The Labute approximate surface area is 194 Å². The van der Waals surface area contributed by atoms with Crippen LogP contribution in [-0.2, 0) is 9.47 Å². The Balaban J connectivity index is 1.26. The summed E-state index contributed by atoms with van der Waals surface area (Å²) >= 11 is 12.5. The van der Waals surface area contributed by atoms with Crippen molar-refractivity contribution in [3.63, 3.8) is 0 Å². The molecule has 0 amide bonds. The lowest BCUT2D eigenvalue weighted by Gasteiger charge is -2.15. The van der Waals surface area contributed by atoms with Crippen molar-refractivity contribution in [2.45, 2.75) is 24.7 Å². The number of pyridine rings is 1. The van der Waals surface area contributed by atoms with Crippen LogP contribution < -0.4 is 4.74 Å². The smallest absolute Gasteiger partial charge is 0.296 e. The third-order valence-corrected chi connectivity index (χ3v) is 6.46. The van der Waals surface area contributed by atoms with Gasteiger partial charge in [-0.1, -0.05) is 59.6 Å². The minimum atomic E-state index is -0.182. The quantitative estimate of drug-likeness (QED) is 0.426. The standard InChI is InChI=1S/C24H19Cl2N3O3/c25-16-7-5-14(6-8-16)13-1-3-15(4-2-13)21-17(26)11-18-23(28-21)29-24(27-18)32-20-12-31-19-9-10-30-22(19)20/h1-8,11,19-20,22H,9-10,12H2,(H,27,28,29)/t19-,20?,22+/m1/s1. The number of benzene rings is 2. The fourth-order valence-electron chi connectivity index (χ4n) is 4.29. The number of fused-ring (bicyclic) bond motifs is 2. The zero-order chi connectivity index (χ0) is 21.7. The number of imidazole rings is 1. The molecule has 3 atom stereocenters. The number of nitrogens with zero attached hydrogens (tertiary/aromatic N) is 2. The van der Waals surface area contributed by atoms with Gasteiger partial charge in [-0.3, -0.25) is 0 Å². The highest BCUT2D eigenvalue weighted by molar-refractivity contribution is 6.33. The molecular weight excluding hydrogens is 449 g/mol. The third kappa shape index (κ3) is 3.63. The lowest BCUT2D eigenvalue weighted by atomic mass is 10.0. The zero-order valence-corrected chi connectivity index (χ0v) is 18.4. The normalized spacial score (nSPS) is 22.4. The molecule has 162 valence electrons. The Morgan fingerprint density at radius 2 is 1.62 bits per heavy atom. The monoisotopic (exact) mass is 467 g/mol. The van der Waals surface area contributed by atoms with Crippen molar-refractivity contribution in [3.8, 4) is 28.4 Å². The number of rotatable bonds is 4. The Morgan fingerprint density at radius 3 is 2.41 bits per heavy atom. The fourth-order valence-corrected chi connectivity index (χ4v) is 4.68. The minimum Gasteiger partial charge on any atom is -0.456 e. The van der Waals surface area contributed by atoms with E-state index in [1.54, 1.807) is 0 Å². The van der Waals surface area contributed by atoms with E-state index in [0.717, 1.165) is 23.1 Å². The third-order valence-electron chi connectivity index (χ3n) is 5.92. The first-order valence-electron chi connectivity index (χ1n) is 10.5. The second-order valence-electron chi connectivity index (χ2n) is 7.97. The maximum atomic E-state index is 6.56.